The number of para-hydroxylation sites is 1. The summed E-state index contributed by atoms with van der Waals surface area (Å²) in [6.07, 6.45) is 2.19. The van der Waals surface area contributed by atoms with E-state index in [1.807, 2.05) is 25.1 Å². The maximum absolute atomic E-state index is 11.9. The fourth-order valence-electron chi connectivity index (χ4n) is 1.99. The van der Waals surface area contributed by atoms with Crippen molar-refractivity contribution in [1.29, 1.82) is 0 Å². The van der Waals surface area contributed by atoms with Gasteiger partial charge in [-0.15, -0.1) is 0 Å². The minimum Gasteiger partial charge on any atom is -0.492 e. The fourth-order valence-corrected chi connectivity index (χ4v) is 2.15. The van der Waals surface area contributed by atoms with E-state index in [-0.39, 0.29) is 5.96 Å². The highest BCUT2D eigenvalue weighted by atomic mass is 32.1. The Morgan fingerprint density at radius 1 is 1.40 bits per heavy atom. The number of guanidine groups is 1. The van der Waals surface area contributed by atoms with Crippen LogP contribution in [0.3, 0.4) is 0 Å². The number of fused-ring (bicyclic) bond motifs is 1. The summed E-state index contributed by atoms with van der Waals surface area (Å²) in [5.74, 6) is 0.0169. The molecule has 0 bridgehead atoms. The predicted molar refractivity (Wildman–Crippen MR) is 82.7 cm³/mol. The number of aliphatic imine (C=N–C) groups is 1. The molecule has 104 valence electrons. The van der Waals surface area contributed by atoms with Gasteiger partial charge in [0.25, 0.3) is 5.91 Å². The molecular weight excluding hydrogens is 274 g/mol. The molecule has 4 N–H and O–H groups in total. The lowest BCUT2D eigenvalue weighted by Gasteiger charge is -2.11. The summed E-state index contributed by atoms with van der Waals surface area (Å²) in [4.78, 5) is 16.2. The lowest BCUT2D eigenvalue weighted by molar-refractivity contribution is -0.114. The fraction of sp³-hybridized carbons (Fsp3) is 0.214. The molecule has 1 aromatic rings. The van der Waals surface area contributed by atoms with E-state index in [1.54, 1.807) is 6.08 Å². The second-order valence-corrected chi connectivity index (χ2v) is 5.00. The third kappa shape index (κ3) is 3.03. The summed E-state index contributed by atoms with van der Waals surface area (Å²) in [6.45, 7) is 2.22. The Morgan fingerprint density at radius 2 is 2.15 bits per heavy atom. The smallest absolute Gasteiger partial charge is 0.276 e. The van der Waals surface area contributed by atoms with E-state index < -0.39 is 5.91 Å². The van der Waals surface area contributed by atoms with Crippen LogP contribution in [0, 0.1) is 0 Å². The molecule has 0 fully saturated rings. The van der Waals surface area contributed by atoms with Crippen molar-refractivity contribution < 1.29 is 9.53 Å². The van der Waals surface area contributed by atoms with Gasteiger partial charge in [0, 0.05) is 28.0 Å². The second-order valence-electron chi connectivity index (χ2n) is 4.39. The number of ether oxygens (including phenoxy) is 1. The Balaban J connectivity index is 2.46. The molecule has 1 aliphatic rings. The number of rotatable bonds is 2. The molecule has 1 aliphatic heterocycles. The maximum Gasteiger partial charge on any atom is 0.276 e. The van der Waals surface area contributed by atoms with Gasteiger partial charge in [-0.1, -0.05) is 30.4 Å². The van der Waals surface area contributed by atoms with Crippen molar-refractivity contribution in [1.82, 2.24) is 0 Å². The van der Waals surface area contributed by atoms with Gasteiger partial charge in [0.05, 0.1) is 6.61 Å². The summed E-state index contributed by atoms with van der Waals surface area (Å²) in [7, 11) is 0. The number of nitrogens with two attached hydrogens (primary N) is 2. The van der Waals surface area contributed by atoms with Crippen LogP contribution in [0.1, 0.15) is 24.5 Å². The summed E-state index contributed by atoms with van der Waals surface area (Å²) in [5.41, 5.74) is 12.6. The van der Waals surface area contributed by atoms with E-state index in [2.05, 4.69) is 4.99 Å². The van der Waals surface area contributed by atoms with E-state index in [1.165, 1.54) is 0 Å². The maximum atomic E-state index is 11.9. The summed E-state index contributed by atoms with van der Waals surface area (Å²) >= 11 is 5.21. The van der Waals surface area contributed by atoms with E-state index >= 15 is 0 Å². The van der Waals surface area contributed by atoms with Crippen LogP contribution in [-0.4, -0.2) is 23.3 Å². The average molecular weight is 289 g/mol. The zero-order chi connectivity index (χ0) is 14.7. The van der Waals surface area contributed by atoms with Crippen molar-refractivity contribution in [2.24, 2.45) is 16.5 Å². The molecular formula is C14H15N3O2S. The normalized spacial score (nSPS) is 13.3. The highest BCUT2D eigenvalue weighted by molar-refractivity contribution is 7.80. The Hall–Kier alpha value is -2.21. The topological polar surface area (TPSA) is 90.7 Å². The minimum atomic E-state index is -0.439. The minimum absolute atomic E-state index is 0.246. The van der Waals surface area contributed by atoms with Crippen molar-refractivity contribution in [2.45, 2.75) is 13.3 Å². The van der Waals surface area contributed by atoms with Crippen molar-refractivity contribution in [3.05, 3.63) is 34.9 Å². The van der Waals surface area contributed by atoms with Crippen LogP contribution in [0.2, 0.25) is 0 Å². The van der Waals surface area contributed by atoms with Crippen LogP contribution < -0.4 is 16.2 Å². The Kier molecular flexibility index (Phi) is 4.14. The van der Waals surface area contributed by atoms with Gasteiger partial charge in [-0.25, -0.2) is 0 Å². The van der Waals surface area contributed by atoms with Gasteiger partial charge in [-0.05, 0) is 13.0 Å². The van der Waals surface area contributed by atoms with Gasteiger partial charge in [0.1, 0.15) is 5.75 Å². The number of amides is 1. The van der Waals surface area contributed by atoms with Gasteiger partial charge < -0.3 is 16.2 Å². The largest absolute Gasteiger partial charge is 0.492 e. The molecule has 1 heterocycles. The number of benzene rings is 1. The Bertz CT molecular complexity index is 631. The number of hydrogen-bond donors (Lipinski definition) is 2. The van der Waals surface area contributed by atoms with Crippen LogP contribution in [-0.2, 0) is 4.79 Å². The van der Waals surface area contributed by atoms with E-state index in [4.69, 9.17) is 28.4 Å². The standard InChI is InChI=1S/C14H15N3O2S/c1-8(20)11-4-2-3-9-7-10(5-6-19-12(9)11)13(18)17-14(15)16/h2-4,7H,5-6H2,1H3,(H4,15,16,17,18). The van der Waals surface area contributed by atoms with Crippen LogP contribution in [0.5, 0.6) is 5.75 Å². The van der Waals surface area contributed by atoms with Gasteiger partial charge in [-0.3, -0.25) is 4.79 Å². The van der Waals surface area contributed by atoms with Crippen LogP contribution in [0.25, 0.3) is 6.08 Å². The highest BCUT2D eigenvalue weighted by Gasteiger charge is 2.17. The molecule has 20 heavy (non-hydrogen) atoms. The molecule has 2 rings (SSSR count). The average Bonchev–Trinajstić information content (AvgIpc) is 2.59. The van der Waals surface area contributed by atoms with E-state index in [0.29, 0.717) is 24.4 Å². The molecule has 0 aliphatic carbocycles. The Morgan fingerprint density at radius 3 is 2.80 bits per heavy atom. The van der Waals surface area contributed by atoms with Crippen LogP contribution in [0.15, 0.2) is 28.8 Å². The molecule has 1 amide bonds. The molecule has 0 spiro atoms. The molecule has 5 nitrogen and oxygen atoms in total. The third-order valence-electron chi connectivity index (χ3n) is 2.88. The molecule has 1 aromatic carbocycles. The summed E-state index contributed by atoms with van der Waals surface area (Å²) in [5, 5.41) is 0. The number of carbonyl (C=O) groups is 1. The zero-order valence-corrected chi connectivity index (χ0v) is 11.9. The van der Waals surface area contributed by atoms with Crippen molar-refractivity contribution in [3.63, 3.8) is 0 Å². The molecule has 6 heteroatoms. The lowest BCUT2D eigenvalue weighted by Crippen LogP contribution is -2.24. The van der Waals surface area contributed by atoms with Gasteiger partial charge in [-0.2, -0.15) is 4.99 Å². The van der Waals surface area contributed by atoms with Gasteiger partial charge in [0.15, 0.2) is 5.96 Å². The second kappa shape index (κ2) is 5.83. The molecule has 0 saturated carbocycles. The van der Waals surface area contributed by atoms with Crippen molar-refractivity contribution in [3.8, 4) is 5.75 Å². The zero-order valence-electron chi connectivity index (χ0n) is 11.1. The van der Waals surface area contributed by atoms with E-state index in [0.717, 1.165) is 16.0 Å². The highest BCUT2D eigenvalue weighted by Crippen LogP contribution is 2.30. The molecule has 0 atom stereocenters. The number of nitrogens with zero attached hydrogens (tertiary/aromatic N) is 1. The first-order valence-corrected chi connectivity index (χ1v) is 6.51. The first-order chi connectivity index (χ1) is 9.49. The van der Waals surface area contributed by atoms with Gasteiger partial charge in [0.2, 0.25) is 0 Å². The quantitative estimate of drug-likeness (QED) is 0.371. The molecule has 0 unspecified atom stereocenters. The lowest BCUT2D eigenvalue weighted by atomic mass is 10.0. The SMILES string of the molecule is CC(=S)c1cccc2c1OCCC(C(=O)N=C(N)N)=C2. The first-order valence-electron chi connectivity index (χ1n) is 6.10. The van der Waals surface area contributed by atoms with Gasteiger partial charge >= 0.3 is 0 Å². The number of carbonyl (C=O) groups excluding carboxylic acids is 1. The predicted octanol–water partition coefficient (Wildman–Crippen LogP) is 1.39. The summed E-state index contributed by atoms with van der Waals surface area (Å²) in [6, 6.07) is 5.64. The molecule has 0 radical (unpaired) electrons. The molecule has 0 aromatic heterocycles. The number of thiocarbonyl (C=S) groups is 1. The van der Waals surface area contributed by atoms with Crippen LogP contribution in [0.4, 0.5) is 0 Å². The van der Waals surface area contributed by atoms with E-state index in [9.17, 15) is 4.79 Å². The van der Waals surface area contributed by atoms with Crippen molar-refractivity contribution >= 4 is 35.0 Å². The summed E-state index contributed by atoms with van der Waals surface area (Å²) < 4.78 is 5.72. The molecule has 0 saturated heterocycles. The monoisotopic (exact) mass is 289 g/mol. The van der Waals surface area contributed by atoms with Crippen molar-refractivity contribution in [2.75, 3.05) is 6.61 Å². The van der Waals surface area contributed by atoms with Crippen LogP contribution >= 0.6 is 12.2 Å². The third-order valence-corrected chi connectivity index (χ3v) is 3.10. The number of hydrogen-bond acceptors (Lipinski definition) is 3. The first kappa shape index (κ1) is 14.2. The Labute approximate surface area is 122 Å².